The Morgan fingerprint density at radius 2 is 0.836 bits per heavy atom. The topological polar surface area (TPSA) is 120 Å². The minimum Gasteiger partial charge on any atom is -0.497 e. The molecule has 4 amide bonds. The van der Waals surface area contributed by atoms with Crippen LogP contribution in [-0.2, 0) is 44.9 Å². The minimum atomic E-state index is -1.43. The Morgan fingerprint density at radius 3 is 1.26 bits per heavy atom. The molecule has 6 fully saturated rings. The van der Waals surface area contributed by atoms with Crippen molar-refractivity contribution in [2.75, 3.05) is 49.0 Å². The number of rotatable bonds is 12. The zero-order chi connectivity index (χ0) is 43.5. The summed E-state index contributed by atoms with van der Waals surface area (Å²) >= 11 is 5.80. The molecule has 6 unspecified atom stereocenters. The van der Waals surface area contributed by atoms with E-state index in [0.717, 1.165) is 52.0 Å². The zero-order valence-electron chi connectivity index (χ0n) is 35.2. The summed E-state index contributed by atoms with van der Waals surface area (Å²) in [6.45, 7) is 1.35. The van der Waals surface area contributed by atoms with Gasteiger partial charge in [-0.1, -0.05) is 72.8 Å². The Morgan fingerprint density at radius 1 is 0.492 bits per heavy atom. The standard InChI is InChI=1S/C46H50N4O7S4/c1-43-39(52)48(3)44(40(53)47(43)2,59-37(58-43)33-18-22-35(56-6)23-19-33)26-31-14-10-29(11-15-31)8-9-30-12-16-32(17-13-30)27-45-41(54)50(5)46(28-51,42(55)49(45)4)61-38(60-45)34-20-24-36(57-7)25-21-34/h10-25,37-38,51H,8-9,26-28H2,1-7H3. The third-order valence-electron chi connectivity index (χ3n) is 12.8. The molecular formula is C46H50N4O7S4. The number of likely N-dealkylation sites (N-methyl/N-ethyl adjacent to an activating group) is 4. The number of hydrogen-bond acceptors (Lipinski definition) is 11. The molecule has 6 aliphatic heterocycles. The summed E-state index contributed by atoms with van der Waals surface area (Å²) in [6.07, 6.45) is 2.25. The van der Waals surface area contributed by atoms with Gasteiger partial charge in [0, 0.05) is 41.0 Å². The first-order chi connectivity index (χ1) is 29.1. The molecule has 11 nitrogen and oxygen atoms in total. The van der Waals surface area contributed by atoms with Crippen molar-refractivity contribution in [3.63, 3.8) is 0 Å². The molecule has 61 heavy (non-hydrogen) atoms. The Bertz CT molecular complexity index is 2340. The highest BCUT2D eigenvalue weighted by molar-refractivity contribution is 8.19. The number of benzene rings is 4. The van der Waals surface area contributed by atoms with Crippen LogP contribution < -0.4 is 9.47 Å². The van der Waals surface area contributed by atoms with Gasteiger partial charge in [0.2, 0.25) is 0 Å². The molecule has 0 saturated carbocycles. The summed E-state index contributed by atoms with van der Waals surface area (Å²) in [5.41, 5.74) is 6.13. The molecule has 0 spiro atoms. The average molecular weight is 899 g/mol. The fraction of sp³-hybridized carbons (Fsp3) is 0.391. The molecule has 0 aromatic heterocycles. The maximum Gasteiger partial charge on any atom is 0.262 e. The summed E-state index contributed by atoms with van der Waals surface area (Å²) in [5, 5.41) is 10.6. The van der Waals surface area contributed by atoms with Gasteiger partial charge in [-0.05, 0) is 77.4 Å². The normalized spacial score (nSPS) is 28.7. The number of methoxy groups -OCH3 is 2. The second-order valence-corrected chi connectivity index (χ2v) is 22.4. The van der Waals surface area contributed by atoms with Crippen LogP contribution in [0.4, 0.5) is 0 Å². The van der Waals surface area contributed by atoms with Gasteiger partial charge in [0.05, 0.1) is 30.0 Å². The molecule has 320 valence electrons. The molecule has 1 N–H and O–H groups in total. The van der Waals surface area contributed by atoms with Gasteiger partial charge < -0.3 is 34.2 Å². The summed E-state index contributed by atoms with van der Waals surface area (Å²) in [5.74, 6) is 0.787. The molecule has 4 aromatic rings. The highest BCUT2D eigenvalue weighted by atomic mass is 32.2. The fourth-order valence-electron chi connectivity index (χ4n) is 8.63. The number of carbonyl (C=O) groups is 4. The number of carbonyl (C=O) groups excluding carboxylic acids is 4. The number of nitrogens with zero attached hydrogens (tertiary/aromatic N) is 4. The van der Waals surface area contributed by atoms with E-state index in [9.17, 15) is 24.3 Å². The van der Waals surface area contributed by atoms with E-state index in [1.54, 1.807) is 57.1 Å². The second-order valence-electron chi connectivity index (χ2n) is 16.1. The molecular weight excluding hydrogens is 849 g/mol. The van der Waals surface area contributed by atoms with Crippen LogP contribution in [0.2, 0.25) is 0 Å². The van der Waals surface area contributed by atoms with E-state index in [1.165, 1.54) is 51.9 Å². The van der Waals surface area contributed by atoms with Crippen molar-refractivity contribution < 1.29 is 33.8 Å². The number of ether oxygens (including phenoxy) is 2. The van der Waals surface area contributed by atoms with Crippen molar-refractivity contribution in [3.05, 3.63) is 130 Å². The zero-order valence-corrected chi connectivity index (χ0v) is 38.5. The van der Waals surface area contributed by atoms with E-state index in [-0.39, 0.29) is 32.8 Å². The second kappa shape index (κ2) is 16.4. The number of aliphatic hydroxyl groups excluding tert-OH is 1. The summed E-state index contributed by atoms with van der Waals surface area (Å²) in [7, 11) is 10.0. The Hall–Kier alpha value is -4.28. The maximum absolute atomic E-state index is 14.3. The lowest BCUT2D eigenvalue weighted by atomic mass is 9.95. The first kappa shape index (κ1) is 43.4. The lowest BCUT2D eigenvalue weighted by molar-refractivity contribution is -0.164. The molecule has 6 heterocycles. The van der Waals surface area contributed by atoms with E-state index < -0.39 is 26.1 Å². The SMILES string of the molecule is COc1ccc(C2SC3(C)C(=O)N(C)C(Cc4ccc(CCc5ccc(CC67SC(c8ccc(OC)cc8)SC(CO)(C(=O)N6C)N(C)C7=O)cc5)cc4)(S2)C(=O)N3C)cc1. The van der Waals surface area contributed by atoms with Crippen LogP contribution >= 0.6 is 47.0 Å². The lowest BCUT2D eigenvalue weighted by Crippen LogP contribution is -2.73. The fourth-order valence-corrected chi connectivity index (χ4v) is 16.2. The molecule has 15 heteroatoms. The van der Waals surface area contributed by atoms with Gasteiger partial charge >= 0.3 is 0 Å². The maximum atomic E-state index is 14.3. The van der Waals surface area contributed by atoms with Gasteiger partial charge in [-0.15, -0.1) is 47.0 Å². The van der Waals surface area contributed by atoms with Gasteiger partial charge in [-0.2, -0.15) is 0 Å². The third kappa shape index (κ3) is 7.17. The van der Waals surface area contributed by atoms with Crippen molar-refractivity contribution >= 4 is 70.7 Å². The first-order valence-corrected chi connectivity index (χ1v) is 23.6. The van der Waals surface area contributed by atoms with Crippen molar-refractivity contribution in [1.82, 2.24) is 19.6 Å². The average Bonchev–Trinajstić information content (AvgIpc) is 3.54. The van der Waals surface area contributed by atoms with Gasteiger partial charge in [-0.25, -0.2) is 0 Å². The summed E-state index contributed by atoms with van der Waals surface area (Å²) in [4.78, 5) is 58.2. The van der Waals surface area contributed by atoms with Gasteiger partial charge in [0.25, 0.3) is 23.6 Å². The van der Waals surface area contributed by atoms with Gasteiger partial charge in [-0.3, -0.25) is 19.2 Å². The van der Waals surface area contributed by atoms with E-state index >= 15 is 0 Å². The van der Waals surface area contributed by atoms with Crippen LogP contribution in [0.1, 0.15) is 49.5 Å². The van der Waals surface area contributed by atoms with E-state index in [2.05, 4.69) is 36.4 Å². The molecule has 4 aromatic carbocycles. The smallest absolute Gasteiger partial charge is 0.262 e. The van der Waals surface area contributed by atoms with Crippen LogP contribution in [0.25, 0.3) is 0 Å². The van der Waals surface area contributed by atoms with Crippen LogP contribution in [0.5, 0.6) is 11.5 Å². The summed E-state index contributed by atoms with van der Waals surface area (Å²) < 4.78 is 10.3. The van der Waals surface area contributed by atoms with Crippen LogP contribution in [-0.4, -0.2) is 117 Å². The number of aryl methyl sites for hydroxylation is 2. The van der Waals surface area contributed by atoms with E-state index in [1.807, 2.05) is 67.6 Å². The molecule has 6 atom stereocenters. The highest BCUT2D eigenvalue weighted by Gasteiger charge is 2.66. The molecule has 0 aliphatic carbocycles. The summed E-state index contributed by atoms with van der Waals surface area (Å²) in [6, 6.07) is 32.1. The number of thioether (sulfide) groups is 4. The number of amides is 4. The van der Waals surface area contributed by atoms with E-state index in [0.29, 0.717) is 18.6 Å². The largest absolute Gasteiger partial charge is 0.497 e. The number of piperazine rings is 2. The highest BCUT2D eigenvalue weighted by Crippen LogP contribution is 2.62. The molecule has 0 radical (unpaired) electrons. The van der Waals surface area contributed by atoms with Gasteiger partial charge in [0.1, 0.15) is 11.5 Å². The number of hydrogen-bond donors (Lipinski definition) is 1. The van der Waals surface area contributed by atoms with Gasteiger partial charge in [0.15, 0.2) is 19.5 Å². The minimum absolute atomic E-state index is 0.0808. The van der Waals surface area contributed by atoms with Crippen molar-refractivity contribution in [1.29, 1.82) is 0 Å². The molecule has 6 aliphatic rings. The predicted octanol–water partition coefficient (Wildman–Crippen LogP) is 6.59. The lowest BCUT2D eigenvalue weighted by Gasteiger charge is -2.50. The number of aliphatic hydroxyl groups is 1. The Labute approximate surface area is 374 Å². The monoisotopic (exact) mass is 898 g/mol. The molecule has 6 saturated heterocycles. The predicted molar refractivity (Wildman–Crippen MR) is 244 cm³/mol. The van der Waals surface area contributed by atoms with Crippen LogP contribution in [0.15, 0.2) is 97.1 Å². The Kier molecular flexibility index (Phi) is 11.7. The molecule has 4 bridgehead atoms. The van der Waals surface area contributed by atoms with Crippen molar-refractivity contribution in [3.8, 4) is 11.5 Å². The first-order valence-electron chi connectivity index (χ1n) is 20.0. The van der Waals surface area contributed by atoms with Crippen LogP contribution in [0.3, 0.4) is 0 Å². The van der Waals surface area contributed by atoms with Crippen molar-refractivity contribution in [2.45, 2.75) is 61.3 Å². The number of fused-ring (bicyclic) bond motifs is 8. The molecule has 10 rings (SSSR count). The van der Waals surface area contributed by atoms with Crippen LogP contribution in [0, 0.1) is 0 Å². The Balaban J connectivity index is 0.969. The quantitative estimate of drug-likeness (QED) is 0.166. The van der Waals surface area contributed by atoms with Crippen molar-refractivity contribution in [2.24, 2.45) is 0 Å². The van der Waals surface area contributed by atoms with E-state index in [4.69, 9.17) is 9.47 Å². The third-order valence-corrected chi connectivity index (χ3v) is 19.7.